The van der Waals surface area contributed by atoms with Gasteiger partial charge >= 0.3 is 0 Å². The first-order chi connectivity index (χ1) is 9.26. The Balaban J connectivity index is 2.68. The van der Waals surface area contributed by atoms with E-state index in [4.69, 9.17) is 0 Å². The average Bonchev–Trinajstić information content (AvgIpc) is 2.44. The Morgan fingerprint density at radius 1 is 1.26 bits per heavy atom. The van der Waals surface area contributed by atoms with Crippen LogP contribution in [0.4, 0.5) is 5.69 Å². The van der Waals surface area contributed by atoms with Crippen LogP contribution in [0.25, 0.3) is 0 Å². The molecule has 0 saturated heterocycles. The Kier molecular flexibility index (Phi) is 7.39. The first-order valence-electron chi connectivity index (χ1n) is 6.88. The Hall–Kier alpha value is -1.18. The first kappa shape index (κ1) is 15.9. The molecule has 104 valence electrons. The third-order valence-corrected chi connectivity index (χ3v) is 4.02. The molecule has 0 aliphatic rings. The molecule has 0 aliphatic heterocycles. The summed E-state index contributed by atoms with van der Waals surface area (Å²) in [5.74, 6) is 0.984. The summed E-state index contributed by atoms with van der Waals surface area (Å²) in [6, 6.07) is 8.33. The molecule has 0 aliphatic carbocycles. The van der Waals surface area contributed by atoms with Crippen molar-refractivity contribution in [1.29, 1.82) is 5.26 Å². The fraction of sp³-hybridized carbons (Fsp3) is 0.533. The number of nitriles is 1. The van der Waals surface area contributed by atoms with Gasteiger partial charge in [0.1, 0.15) is 6.07 Å². The van der Waals surface area contributed by atoms with Crippen molar-refractivity contribution in [2.75, 3.05) is 37.2 Å². The summed E-state index contributed by atoms with van der Waals surface area (Å²) in [6.07, 6.45) is 0. The zero-order chi connectivity index (χ0) is 14.1. The van der Waals surface area contributed by atoms with E-state index in [2.05, 4.69) is 37.1 Å². The Bertz CT molecular complexity index is 422. The minimum atomic E-state index is 0.772. The van der Waals surface area contributed by atoms with E-state index >= 15 is 0 Å². The number of hydrogen-bond acceptors (Lipinski definition) is 4. The Labute approximate surface area is 121 Å². The molecule has 4 heteroatoms. The minimum Gasteiger partial charge on any atom is -0.383 e. The molecule has 0 bridgehead atoms. The molecule has 1 aromatic carbocycles. The van der Waals surface area contributed by atoms with Crippen LogP contribution in [0.15, 0.2) is 23.1 Å². The molecule has 0 atom stereocenters. The zero-order valence-electron chi connectivity index (χ0n) is 12.1. The summed E-state index contributed by atoms with van der Waals surface area (Å²) >= 11 is 1.72. The molecule has 19 heavy (non-hydrogen) atoms. The quantitative estimate of drug-likeness (QED) is 0.739. The normalized spacial score (nSPS) is 10.5. The number of nitrogens with one attached hydrogen (secondary N) is 1. The zero-order valence-corrected chi connectivity index (χ0v) is 12.9. The van der Waals surface area contributed by atoms with Gasteiger partial charge in [-0.3, -0.25) is 0 Å². The summed E-state index contributed by atoms with van der Waals surface area (Å²) in [7, 11) is 0. The van der Waals surface area contributed by atoms with Gasteiger partial charge in [-0.2, -0.15) is 5.26 Å². The summed E-state index contributed by atoms with van der Waals surface area (Å²) in [5, 5.41) is 12.7. The maximum atomic E-state index is 9.31. The molecule has 0 spiro atoms. The second-order valence-electron chi connectivity index (χ2n) is 4.18. The molecule has 0 saturated carbocycles. The predicted octanol–water partition coefficient (Wildman–Crippen LogP) is 3.42. The molecule has 0 unspecified atom stereocenters. The maximum absolute atomic E-state index is 9.31. The van der Waals surface area contributed by atoms with E-state index in [1.165, 1.54) is 0 Å². The van der Waals surface area contributed by atoms with Crippen molar-refractivity contribution >= 4 is 17.4 Å². The molecular formula is C15H23N3S. The highest BCUT2D eigenvalue weighted by molar-refractivity contribution is 7.99. The number of anilines is 1. The van der Waals surface area contributed by atoms with E-state index < -0.39 is 0 Å². The fourth-order valence-electron chi connectivity index (χ4n) is 1.96. The molecule has 0 fully saturated rings. The lowest BCUT2D eigenvalue weighted by Gasteiger charge is -2.19. The highest BCUT2D eigenvalue weighted by Crippen LogP contribution is 2.27. The van der Waals surface area contributed by atoms with E-state index in [-0.39, 0.29) is 0 Å². The maximum Gasteiger partial charge on any atom is 0.102 e. The lowest BCUT2D eigenvalue weighted by atomic mass is 10.2. The van der Waals surface area contributed by atoms with Crippen molar-refractivity contribution in [1.82, 2.24) is 4.90 Å². The topological polar surface area (TPSA) is 39.1 Å². The SMILES string of the molecule is CCSc1cccc(NCCN(CC)CC)c1C#N. The summed E-state index contributed by atoms with van der Waals surface area (Å²) < 4.78 is 0. The van der Waals surface area contributed by atoms with Gasteiger partial charge in [-0.25, -0.2) is 0 Å². The van der Waals surface area contributed by atoms with Gasteiger partial charge in [0, 0.05) is 18.0 Å². The van der Waals surface area contributed by atoms with Crippen LogP contribution in [-0.4, -0.2) is 36.8 Å². The van der Waals surface area contributed by atoms with E-state index in [1.54, 1.807) is 11.8 Å². The van der Waals surface area contributed by atoms with Crippen molar-refractivity contribution < 1.29 is 0 Å². The van der Waals surface area contributed by atoms with Crippen LogP contribution < -0.4 is 5.32 Å². The molecule has 0 aromatic heterocycles. The second kappa shape index (κ2) is 8.84. The minimum absolute atomic E-state index is 0.772. The highest BCUT2D eigenvalue weighted by atomic mass is 32.2. The van der Waals surface area contributed by atoms with Crippen molar-refractivity contribution in [2.24, 2.45) is 0 Å². The molecule has 1 rings (SSSR count). The summed E-state index contributed by atoms with van der Waals surface area (Å²) in [6.45, 7) is 10.4. The van der Waals surface area contributed by atoms with Crippen LogP contribution in [0.2, 0.25) is 0 Å². The number of nitrogens with zero attached hydrogens (tertiary/aromatic N) is 2. The van der Waals surface area contributed by atoms with Crippen molar-refractivity contribution in [3.63, 3.8) is 0 Å². The monoisotopic (exact) mass is 277 g/mol. The second-order valence-corrected chi connectivity index (χ2v) is 5.48. The van der Waals surface area contributed by atoms with Crippen LogP contribution in [0, 0.1) is 11.3 Å². The van der Waals surface area contributed by atoms with Crippen LogP contribution in [0.1, 0.15) is 26.3 Å². The van der Waals surface area contributed by atoms with Gasteiger partial charge in [-0.15, -0.1) is 11.8 Å². The van der Waals surface area contributed by atoms with Gasteiger partial charge < -0.3 is 10.2 Å². The third-order valence-electron chi connectivity index (χ3n) is 3.08. The van der Waals surface area contributed by atoms with Crippen molar-refractivity contribution in [3.8, 4) is 6.07 Å². The van der Waals surface area contributed by atoms with Gasteiger partial charge in [0.05, 0.1) is 11.3 Å². The number of hydrogen-bond donors (Lipinski definition) is 1. The van der Waals surface area contributed by atoms with Crippen molar-refractivity contribution in [3.05, 3.63) is 23.8 Å². The van der Waals surface area contributed by atoms with Crippen LogP contribution in [0.3, 0.4) is 0 Å². The molecule has 3 nitrogen and oxygen atoms in total. The largest absolute Gasteiger partial charge is 0.383 e. The number of likely N-dealkylation sites (N-methyl/N-ethyl adjacent to an activating group) is 1. The molecule has 0 radical (unpaired) electrons. The molecule has 1 aromatic rings. The fourth-order valence-corrected chi connectivity index (χ4v) is 2.74. The van der Waals surface area contributed by atoms with E-state index in [1.807, 2.05) is 18.2 Å². The average molecular weight is 277 g/mol. The standard InChI is InChI=1S/C15H23N3S/c1-4-18(5-2)11-10-17-14-8-7-9-15(19-6-3)13(14)12-16/h7-9,17H,4-6,10-11H2,1-3H3. The molecular weight excluding hydrogens is 254 g/mol. The lowest BCUT2D eigenvalue weighted by molar-refractivity contribution is 0.316. The van der Waals surface area contributed by atoms with E-state index in [0.717, 1.165) is 48.1 Å². The lowest BCUT2D eigenvalue weighted by Crippen LogP contribution is -2.28. The first-order valence-corrected chi connectivity index (χ1v) is 7.87. The van der Waals surface area contributed by atoms with Crippen molar-refractivity contribution in [2.45, 2.75) is 25.7 Å². The smallest absolute Gasteiger partial charge is 0.102 e. The number of rotatable bonds is 8. The van der Waals surface area contributed by atoms with Gasteiger partial charge in [-0.05, 0) is 31.0 Å². The summed E-state index contributed by atoms with van der Waals surface area (Å²) in [5.41, 5.74) is 1.72. The predicted molar refractivity (Wildman–Crippen MR) is 83.8 cm³/mol. The van der Waals surface area contributed by atoms with Crippen LogP contribution in [0.5, 0.6) is 0 Å². The highest BCUT2D eigenvalue weighted by Gasteiger charge is 2.07. The van der Waals surface area contributed by atoms with Crippen LogP contribution >= 0.6 is 11.8 Å². The third kappa shape index (κ3) is 4.77. The van der Waals surface area contributed by atoms with E-state index in [9.17, 15) is 5.26 Å². The molecule has 0 amide bonds. The van der Waals surface area contributed by atoms with Gasteiger partial charge in [0.15, 0.2) is 0 Å². The molecule has 1 N–H and O–H groups in total. The van der Waals surface area contributed by atoms with E-state index in [0.29, 0.717) is 0 Å². The van der Waals surface area contributed by atoms with Gasteiger partial charge in [0.2, 0.25) is 0 Å². The number of thioether (sulfide) groups is 1. The van der Waals surface area contributed by atoms with Gasteiger partial charge in [0.25, 0.3) is 0 Å². The molecule has 0 heterocycles. The van der Waals surface area contributed by atoms with Crippen LogP contribution in [-0.2, 0) is 0 Å². The number of benzene rings is 1. The van der Waals surface area contributed by atoms with Gasteiger partial charge in [-0.1, -0.05) is 26.8 Å². The summed E-state index contributed by atoms with van der Waals surface area (Å²) in [4.78, 5) is 3.43. The Morgan fingerprint density at radius 2 is 2.00 bits per heavy atom. The Morgan fingerprint density at radius 3 is 2.58 bits per heavy atom.